The maximum absolute atomic E-state index is 11.8. The van der Waals surface area contributed by atoms with Crippen LogP contribution in [-0.2, 0) is 14.3 Å². The van der Waals surface area contributed by atoms with Crippen molar-refractivity contribution in [1.29, 1.82) is 0 Å². The van der Waals surface area contributed by atoms with Crippen LogP contribution in [-0.4, -0.2) is 43.9 Å². The standard InChI is InChI=1S/C11H21NO3/c1-5-9(10(13)12(3)4)8-11(2)14-6-7-15-11/h9H,5-8H2,1-4H3. The van der Waals surface area contributed by atoms with Crippen molar-refractivity contribution in [3.63, 3.8) is 0 Å². The fourth-order valence-electron chi connectivity index (χ4n) is 1.89. The molecule has 1 amide bonds. The molecule has 1 fully saturated rings. The molecule has 4 heteroatoms. The van der Waals surface area contributed by atoms with E-state index in [9.17, 15) is 4.79 Å². The molecule has 0 spiro atoms. The molecule has 1 atom stereocenters. The van der Waals surface area contributed by atoms with Crippen molar-refractivity contribution in [2.24, 2.45) is 5.92 Å². The highest BCUT2D eigenvalue weighted by Gasteiger charge is 2.36. The molecule has 4 nitrogen and oxygen atoms in total. The van der Waals surface area contributed by atoms with Gasteiger partial charge < -0.3 is 14.4 Å². The maximum Gasteiger partial charge on any atom is 0.225 e. The zero-order valence-corrected chi connectivity index (χ0v) is 10.1. The number of ether oxygens (including phenoxy) is 2. The van der Waals surface area contributed by atoms with E-state index in [1.54, 1.807) is 19.0 Å². The smallest absolute Gasteiger partial charge is 0.225 e. The van der Waals surface area contributed by atoms with Gasteiger partial charge in [-0.3, -0.25) is 4.79 Å². The third-order valence-electron chi connectivity index (χ3n) is 2.80. The van der Waals surface area contributed by atoms with E-state index in [0.29, 0.717) is 19.6 Å². The van der Waals surface area contributed by atoms with Crippen molar-refractivity contribution >= 4 is 5.91 Å². The maximum atomic E-state index is 11.8. The second-order valence-electron chi connectivity index (χ2n) is 4.37. The Morgan fingerprint density at radius 2 is 1.93 bits per heavy atom. The SMILES string of the molecule is CCC(CC1(C)OCCO1)C(=O)N(C)C. The van der Waals surface area contributed by atoms with Gasteiger partial charge in [0.1, 0.15) is 0 Å². The summed E-state index contributed by atoms with van der Waals surface area (Å²) in [5.74, 6) is -0.423. The van der Waals surface area contributed by atoms with Crippen LogP contribution in [0, 0.1) is 5.92 Å². The van der Waals surface area contributed by atoms with Crippen LogP contribution in [0.15, 0.2) is 0 Å². The van der Waals surface area contributed by atoms with E-state index >= 15 is 0 Å². The van der Waals surface area contributed by atoms with Crippen molar-refractivity contribution in [2.75, 3.05) is 27.3 Å². The van der Waals surface area contributed by atoms with E-state index in [4.69, 9.17) is 9.47 Å². The normalized spacial score (nSPS) is 21.3. The molecule has 0 radical (unpaired) electrons. The van der Waals surface area contributed by atoms with Gasteiger partial charge in [-0.05, 0) is 13.3 Å². The number of rotatable bonds is 4. The molecule has 88 valence electrons. The molecule has 0 aromatic heterocycles. The van der Waals surface area contributed by atoms with Crippen LogP contribution < -0.4 is 0 Å². The van der Waals surface area contributed by atoms with E-state index in [2.05, 4.69) is 0 Å². The summed E-state index contributed by atoms with van der Waals surface area (Å²) in [4.78, 5) is 13.5. The Labute approximate surface area is 91.5 Å². The minimum Gasteiger partial charge on any atom is -0.349 e. The van der Waals surface area contributed by atoms with Crippen LogP contribution >= 0.6 is 0 Å². The van der Waals surface area contributed by atoms with Crippen molar-refractivity contribution in [3.05, 3.63) is 0 Å². The van der Waals surface area contributed by atoms with Crippen LogP contribution in [0.4, 0.5) is 0 Å². The number of amides is 1. The molecule has 1 heterocycles. The first-order valence-electron chi connectivity index (χ1n) is 5.47. The Kier molecular flexibility index (Phi) is 4.11. The van der Waals surface area contributed by atoms with E-state index < -0.39 is 5.79 Å². The summed E-state index contributed by atoms with van der Waals surface area (Å²) >= 11 is 0. The summed E-state index contributed by atoms with van der Waals surface area (Å²) in [7, 11) is 3.56. The minimum atomic E-state index is -0.563. The zero-order valence-electron chi connectivity index (χ0n) is 10.1. The second kappa shape index (κ2) is 4.94. The number of nitrogens with zero attached hydrogens (tertiary/aromatic N) is 1. The van der Waals surface area contributed by atoms with Crippen molar-refractivity contribution < 1.29 is 14.3 Å². The number of carbonyl (C=O) groups is 1. The molecule has 1 aliphatic heterocycles. The molecule has 0 bridgehead atoms. The lowest BCUT2D eigenvalue weighted by Crippen LogP contribution is -2.36. The minimum absolute atomic E-state index is 0.0110. The molecule has 0 aromatic rings. The molecule has 1 unspecified atom stereocenters. The van der Waals surface area contributed by atoms with Crippen LogP contribution in [0.25, 0.3) is 0 Å². The molecular weight excluding hydrogens is 194 g/mol. The van der Waals surface area contributed by atoms with Crippen LogP contribution in [0.5, 0.6) is 0 Å². The van der Waals surface area contributed by atoms with Crippen LogP contribution in [0.3, 0.4) is 0 Å². The van der Waals surface area contributed by atoms with Gasteiger partial charge in [-0.15, -0.1) is 0 Å². The third kappa shape index (κ3) is 3.18. The molecule has 15 heavy (non-hydrogen) atoms. The van der Waals surface area contributed by atoms with Crippen molar-refractivity contribution in [2.45, 2.75) is 32.5 Å². The fraction of sp³-hybridized carbons (Fsp3) is 0.909. The molecule has 1 aliphatic rings. The first-order valence-corrected chi connectivity index (χ1v) is 5.47. The van der Waals surface area contributed by atoms with Gasteiger partial charge in [0.2, 0.25) is 5.91 Å². The molecule has 1 rings (SSSR count). The van der Waals surface area contributed by atoms with Gasteiger partial charge >= 0.3 is 0 Å². The van der Waals surface area contributed by atoms with Gasteiger partial charge in [-0.2, -0.15) is 0 Å². The Morgan fingerprint density at radius 1 is 1.40 bits per heavy atom. The van der Waals surface area contributed by atoms with Gasteiger partial charge in [0.25, 0.3) is 0 Å². The molecule has 0 N–H and O–H groups in total. The molecule has 1 saturated heterocycles. The summed E-state index contributed by atoms with van der Waals surface area (Å²) in [6.07, 6.45) is 1.46. The van der Waals surface area contributed by atoms with E-state index in [-0.39, 0.29) is 11.8 Å². The van der Waals surface area contributed by atoms with Gasteiger partial charge in [0.05, 0.1) is 13.2 Å². The first kappa shape index (κ1) is 12.5. The van der Waals surface area contributed by atoms with E-state index in [1.165, 1.54) is 0 Å². The first-order chi connectivity index (χ1) is 6.98. The Bertz CT molecular complexity index is 222. The van der Waals surface area contributed by atoms with E-state index in [0.717, 1.165) is 6.42 Å². The fourth-order valence-corrected chi connectivity index (χ4v) is 1.89. The van der Waals surface area contributed by atoms with Gasteiger partial charge in [0, 0.05) is 26.4 Å². The third-order valence-corrected chi connectivity index (χ3v) is 2.80. The molecule has 0 aromatic carbocycles. The molecular formula is C11H21NO3. The summed E-state index contributed by atoms with van der Waals surface area (Å²) < 4.78 is 11.0. The van der Waals surface area contributed by atoms with E-state index in [1.807, 2.05) is 13.8 Å². The van der Waals surface area contributed by atoms with Crippen LogP contribution in [0.1, 0.15) is 26.7 Å². The predicted octanol–water partition coefficient (Wildman–Crippen LogP) is 1.25. The van der Waals surface area contributed by atoms with Gasteiger partial charge in [-0.1, -0.05) is 6.92 Å². The monoisotopic (exact) mass is 215 g/mol. The quantitative estimate of drug-likeness (QED) is 0.708. The topological polar surface area (TPSA) is 38.8 Å². The number of hydrogen-bond donors (Lipinski definition) is 0. The zero-order chi connectivity index (χ0) is 11.5. The van der Waals surface area contributed by atoms with Crippen molar-refractivity contribution in [3.8, 4) is 0 Å². The van der Waals surface area contributed by atoms with Crippen LogP contribution in [0.2, 0.25) is 0 Å². The number of carbonyl (C=O) groups excluding carboxylic acids is 1. The molecule has 0 saturated carbocycles. The largest absolute Gasteiger partial charge is 0.349 e. The lowest BCUT2D eigenvalue weighted by Gasteiger charge is -2.28. The summed E-state index contributed by atoms with van der Waals surface area (Å²) in [6, 6.07) is 0. The highest BCUT2D eigenvalue weighted by atomic mass is 16.7. The summed E-state index contributed by atoms with van der Waals surface area (Å²) in [5, 5.41) is 0. The average molecular weight is 215 g/mol. The Hall–Kier alpha value is -0.610. The average Bonchev–Trinajstić information content (AvgIpc) is 2.60. The number of hydrogen-bond acceptors (Lipinski definition) is 3. The molecule has 0 aliphatic carbocycles. The lowest BCUT2D eigenvalue weighted by molar-refractivity contribution is -0.164. The Morgan fingerprint density at radius 3 is 2.33 bits per heavy atom. The summed E-state index contributed by atoms with van der Waals surface area (Å²) in [6.45, 7) is 5.18. The van der Waals surface area contributed by atoms with Crippen molar-refractivity contribution in [1.82, 2.24) is 4.90 Å². The van der Waals surface area contributed by atoms with Gasteiger partial charge in [-0.25, -0.2) is 0 Å². The Balaban J connectivity index is 2.56. The van der Waals surface area contributed by atoms with Gasteiger partial charge in [0.15, 0.2) is 5.79 Å². The predicted molar refractivity (Wildman–Crippen MR) is 57.4 cm³/mol. The second-order valence-corrected chi connectivity index (χ2v) is 4.37. The highest BCUT2D eigenvalue weighted by Crippen LogP contribution is 2.28. The summed E-state index contributed by atoms with van der Waals surface area (Å²) in [5.41, 5.74) is 0. The highest BCUT2D eigenvalue weighted by molar-refractivity contribution is 5.78. The lowest BCUT2D eigenvalue weighted by atomic mass is 9.96.